The number of hydrogen-bond acceptors (Lipinski definition) is 1. The van der Waals surface area contributed by atoms with Gasteiger partial charge in [-0.05, 0) is 43.3 Å². The van der Waals surface area contributed by atoms with E-state index in [1.807, 2.05) is 0 Å². The third-order valence-electron chi connectivity index (χ3n) is 5.67. The van der Waals surface area contributed by atoms with E-state index in [2.05, 4.69) is 39.8 Å². The van der Waals surface area contributed by atoms with E-state index in [-0.39, 0.29) is 11.1 Å². The molecule has 0 heterocycles. The lowest BCUT2D eigenvalue weighted by Crippen LogP contribution is -2.51. The topological polar surface area (TPSA) is 9.23 Å². The van der Waals surface area contributed by atoms with E-state index in [9.17, 15) is 0 Å². The molecule has 0 aliphatic heterocycles. The second-order valence-corrected chi connectivity index (χ2v) is 13.0. The molecule has 1 atom stereocenters. The van der Waals surface area contributed by atoms with Gasteiger partial charge >= 0.3 is 0 Å². The number of terminal acetylenes is 1. The van der Waals surface area contributed by atoms with Gasteiger partial charge in [0.25, 0.3) is 0 Å². The molecule has 1 unspecified atom stereocenters. The zero-order valence-corrected chi connectivity index (χ0v) is 14.4. The van der Waals surface area contributed by atoms with Crippen molar-refractivity contribution in [2.24, 2.45) is 11.3 Å². The molecule has 0 aromatic heterocycles. The molecule has 0 bridgehead atoms. The molecule has 0 aromatic rings. The monoisotopic (exact) mass is 278 g/mol. The van der Waals surface area contributed by atoms with Crippen LogP contribution in [0.4, 0.5) is 0 Å². The van der Waals surface area contributed by atoms with E-state index >= 15 is 0 Å². The third-order valence-corrected chi connectivity index (χ3v) is 10.1. The van der Waals surface area contributed by atoms with Crippen LogP contribution < -0.4 is 0 Å². The minimum absolute atomic E-state index is 0.0581. The normalized spacial score (nSPS) is 24.4. The summed E-state index contributed by atoms with van der Waals surface area (Å²) < 4.78 is 6.59. The molecule has 0 N–H and O–H groups in total. The van der Waals surface area contributed by atoms with Crippen molar-refractivity contribution in [1.29, 1.82) is 0 Å². The van der Waals surface area contributed by atoms with Crippen LogP contribution in [-0.2, 0) is 4.43 Å². The van der Waals surface area contributed by atoms with Crippen LogP contribution in [-0.4, -0.2) is 14.4 Å². The Hall–Kier alpha value is -0.263. The highest BCUT2D eigenvalue weighted by Crippen LogP contribution is 2.55. The molecule has 2 aliphatic rings. The van der Waals surface area contributed by atoms with Crippen molar-refractivity contribution in [3.05, 3.63) is 0 Å². The summed E-state index contributed by atoms with van der Waals surface area (Å²) >= 11 is 0. The molecular weight excluding hydrogens is 248 g/mol. The van der Waals surface area contributed by atoms with Crippen molar-refractivity contribution in [1.82, 2.24) is 0 Å². The number of rotatable bonds is 5. The molecule has 0 radical (unpaired) electrons. The molecule has 0 saturated heterocycles. The van der Waals surface area contributed by atoms with Crippen LogP contribution in [0, 0.1) is 23.7 Å². The van der Waals surface area contributed by atoms with Gasteiger partial charge < -0.3 is 4.43 Å². The first-order chi connectivity index (χ1) is 8.70. The Balaban J connectivity index is 2.09. The Bertz CT molecular complexity index is 364. The van der Waals surface area contributed by atoms with Gasteiger partial charge in [0.1, 0.15) is 6.10 Å². The molecule has 2 saturated carbocycles. The predicted molar refractivity (Wildman–Crippen MR) is 84.5 cm³/mol. The Morgan fingerprint density at radius 1 is 1.32 bits per heavy atom. The Labute approximate surface area is 120 Å². The lowest BCUT2D eigenvalue weighted by Gasteiger charge is -2.50. The second kappa shape index (κ2) is 4.93. The third kappa shape index (κ3) is 3.08. The summed E-state index contributed by atoms with van der Waals surface area (Å²) in [6.45, 7) is 11.5. The van der Waals surface area contributed by atoms with E-state index in [1.54, 1.807) is 0 Å². The first kappa shape index (κ1) is 15.1. The molecule has 1 nitrogen and oxygen atoms in total. The van der Waals surface area contributed by atoms with E-state index in [4.69, 9.17) is 10.8 Å². The molecule has 2 rings (SSSR count). The maximum absolute atomic E-state index is 6.59. The van der Waals surface area contributed by atoms with Crippen molar-refractivity contribution in [3.8, 4) is 12.3 Å². The summed E-state index contributed by atoms with van der Waals surface area (Å²) in [5.41, 5.74) is 0.325. The van der Waals surface area contributed by atoms with Gasteiger partial charge in [-0.1, -0.05) is 46.0 Å². The van der Waals surface area contributed by atoms with Crippen LogP contribution >= 0.6 is 0 Å². The van der Waals surface area contributed by atoms with Crippen LogP contribution in [0.1, 0.15) is 59.3 Å². The molecular formula is C17H30OSi. The van der Waals surface area contributed by atoms with Gasteiger partial charge in [0.2, 0.25) is 0 Å². The van der Waals surface area contributed by atoms with Crippen LogP contribution in [0.25, 0.3) is 0 Å². The van der Waals surface area contributed by atoms with Gasteiger partial charge in [-0.25, -0.2) is 0 Å². The lowest BCUT2D eigenvalue weighted by atomic mass is 9.62. The van der Waals surface area contributed by atoms with Crippen LogP contribution in [0.15, 0.2) is 0 Å². The molecule has 108 valence electrons. The molecule has 19 heavy (non-hydrogen) atoms. The smallest absolute Gasteiger partial charge is 0.193 e. The first-order valence-electron chi connectivity index (χ1n) is 7.84. The quantitative estimate of drug-likeness (QED) is 0.509. The van der Waals surface area contributed by atoms with Crippen LogP contribution in [0.3, 0.4) is 0 Å². The molecule has 0 aromatic carbocycles. The van der Waals surface area contributed by atoms with Gasteiger partial charge in [0, 0.05) is 5.41 Å². The van der Waals surface area contributed by atoms with Gasteiger partial charge in [0.05, 0.1) is 0 Å². The fourth-order valence-corrected chi connectivity index (χ4v) is 4.17. The highest BCUT2D eigenvalue weighted by atomic mass is 28.4. The van der Waals surface area contributed by atoms with Gasteiger partial charge in [-0.3, -0.25) is 0 Å². The molecule has 2 aliphatic carbocycles. The maximum atomic E-state index is 6.59. The standard InChI is InChI=1S/C17H30OSi/c1-7-15(18-19(5,6)16(2,3)4)17(11-8-12-17)13-14-9-10-14/h1,14-15H,8-13H2,2-6H3. The lowest BCUT2D eigenvalue weighted by molar-refractivity contribution is -0.00399. The summed E-state index contributed by atoms with van der Waals surface area (Å²) in [6, 6.07) is 0. The van der Waals surface area contributed by atoms with Crippen molar-refractivity contribution in [2.45, 2.75) is 83.5 Å². The molecule has 2 heteroatoms. The summed E-state index contributed by atoms with van der Waals surface area (Å²) in [5, 5.41) is 0.243. The summed E-state index contributed by atoms with van der Waals surface area (Å²) in [5.74, 6) is 3.96. The van der Waals surface area contributed by atoms with Crippen LogP contribution in [0.5, 0.6) is 0 Å². The minimum Gasteiger partial charge on any atom is -0.403 e. The minimum atomic E-state index is -1.75. The summed E-state index contributed by atoms with van der Waals surface area (Å²) in [7, 11) is -1.75. The summed E-state index contributed by atoms with van der Waals surface area (Å²) in [4.78, 5) is 0. The Morgan fingerprint density at radius 2 is 1.89 bits per heavy atom. The van der Waals surface area contributed by atoms with E-state index in [0.717, 1.165) is 5.92 Å². The van der Waals surface area contributed by atoms with E-state index < -0.39 is 8.32 Å². The van der Waals surface area contributed by atoms with Gasteiger partial charge in [-0.15, -0.1) is 6.42 Å². The fraction of sp³-hybridized carbons (Fsp3) is 0.882. The van der Waals surface area contributed by atoms with Crippen molar-refractivity contribution >= 4 is 8.32 Å². The van der Waals surface area contributed by atoms with Crippen molar-refractivity contribution in [2.75, 3.05) is 0 Å². The first-order valence-corrected chi connectivity index (χ1v) is 10.7. The average molecular weight is 279 g/mol. The van der Waals surface area contributed by atoms with E-state index in [1.165, 1.54) is 38.5 Å². The average Bonchev–Trinajstić information content (AvgIpc) is 3.02. The van der Waals surface area contributed by atoms with Gasteiger partial charge in [0.15, 0.2) is 8.32 Å². The van der Waals surface area contributed by atoms with Crippen LogP contribution in [0.2, 0.25) is 18.1 Å². The highest BCUT2D eigenvalue weighted by molar-refractivity contribution is 6.74. The highest BCUT2D eigenvalue weighted by Gasteiger charge is 2.50. The largest absolute Gasteiger partial charge is 0.403 e. The fourth-order valence-electron chi connectivity index (χ4n) is 2.91. The maximum Gasteiger partial charge on any atom is 0.193 e. The molecule has 0 amide bonds. The Morgan fingerprint density at radius 3 is 2.21 bits per heavy atom. The van der Waals surface area contributed by atoms with Crippen molar-refractivity contribution in [3.63, 3.8) is 0 Å². The summed E-state index contributed by atoms with van der Waals surface area (Å²) in [6.07, 6.45) is 14.0. The zero-order chi connectivity index (χ0) is 14.3. The van der Waals surface area contributed by atoms with Gasteiger partial charge in [-0.2, -0.15) is 0 Å². The SMILES string of the molecule is C#CC(O[Si](C)(C)C(C)(C)C)C1(CC2CC2)CCC1. The second-order valence-electron chi connectivity index (χ2n) is 8.29. The predicted octanol–water partition coefficient (Wildman–Crippen LogP) is 4.98. The molecule has 2 fully saturated rings. The van der Waals surface area contributed by atoms with E-state index in [0.29, 0.717) is 5.41 Å². The zero-order valence-electron chi connectivity index (χ0n) is 13.4. The van der Waals surface area contributed by atoms with Crippen molar-refractivity contribution < 1.29 is 4.43 Å². The molecule has 0 spiro atoms. The Kier molecular flexibility index (Phi) is 3.93. The number of hydrogen-bond donors (Lipinski definition) is 0.